The standard InChI is InChI=1S/C11H13ClN4O2S/c1-7-8(11(12)16(2)15-7)6-19(17,18)10-3-4-14-5-9(10)13/h3-5H,6,13H2,1-2H3. The highest BCUT2D eigenvalue weighted by Crippen LogP contribution is 2.26. The van der Waals surface area contributed by atoms with Gasteiger partial charge in [-0.05, 0) is 13.0 Å². The van der Waals surface area contributed by atoms with Crippen LogP contribution in [0.2, 0.25) is 5.15 Å². The average molecular weight is 301 g/mol. The molecule has 0 aliphatic heterocycles. The fourth-order valence-electron chi connectivity index (χ4n) is 1.78. The number of halogens is 1. The van der Waals surface area contributed by atoms with E-state index in [0.717, 1.165) is 0 Å². The number of hydrogen-bond acceptors (Lipinski definition) is 5. The molecular weight excluding hydrogens is 288 g/mol. The van der Waals surface area contributed by atoms with Crippen molar-refractivity contribution in [3.05, 3.63) is 34.9 Å². The van der Waals surface area contributed by atoms with Gasteiger partial charge in [0.1, 0.15) is 5.15 Å². The molecule has 0 spiro atoms. The monoisotopic (exact) mass is 300 g/mol. The van der Waals surface area contributed by atoms with E-state index in [4.69, 9.17) is 17.3 Å². The van der Waals surface area contributed by atoms with E-state index in [2.05, 4.69) is 10.1 Å². The predicted molar refractivity (Wildman–Crippen MR) is 72.5 cm³/mol. The molecule has 2 heterocycles. The summed E-state index contributed by atoms with van der Waals surface area (Å²) in [5.41, 5.74) is 6.84. The molecule has 19 heavy (non-hydrogen) atoms. The SMILES string of the molecule is Cc1nn(C)c(Cl)c1CS(=O)(=O)c1ccncc1N. The van der Waals surface area contributed by atoms with Gasteiger partial charge in [-0.1, -0.05) is 11.6 Å². The van der Waals surface area contributed by atoms with Gasteiger partial charge >= 0.3 is 0 Å². The molecule has 0 atom stereocenters. The lowest BCUT2D eigenvalue weighted by atomic mass is 10.3. The molecule has 2 N–H and O–H groups in total. The number of rotatable bonds is 3. The molecule has 2 aromatic heterocycles. The molecule has 0 bridgehead atoms. The third-order valence-corrected chi connectivity index (χ3v) is 4.93. The molecule has 0 unspecified atom stereocenters. The Bertz CT molecular complexity index is 724. The molecule has 0 radical (unpaired) electrons. The summed E-state index contributed by atoms with van der Waals surface area (Å²) < 4.78 is 26.1. The maximum atomic E-state index is 12.3. The Morgan fingerprint density at radius 2 is 2.16 bits per heavy atom. The van der Waals surface area contributed by atoms with Gasteiger partial charge in [0.15, 0.2) is 9.84 Å². The Morgan fingerprint density at radius 1 is 1.47 bits per heavy atom. The lowest BCUT2D eigenvalue weighted by Gasteiger charge is -2.06. The maximum Gasteiger partial charge on any atom is 0.184 e. The number of hydrogen-bond donors (Lipinski definition) is 1. The van der Waals surface area contributed by atoms with Crippen LogP contribution in [0.15, 0.2) is 23.4 Å². The van der Waals surface area contributed by atoms with E-state index in [9.17, 15) is 8.42 Å². The van der Waals surface area contributed by atoms with Crippen LogP contribution in [0.4, 0.5) is 5.69 Å². The molecule has 2 aromatic rings. The summed E-state index contributed by atoms with van der Waals surface area (Å²) in [4.78, 5) is 3.83. The predicted octanol–water partition coefficient (Wildman–Crippen LogP) is 1.33. The summed E-state index contributed by atoms with van der Waals surface area (Å²) >= 11 is 6.04. The van der Waals surface area contributed by atoms with E-state index >= 15 is 0 Å². The van der Waals surface area contributed by atoms with Crippen LogP contribution < -0.4 is 5.73 Å². The van der Waals surface area contributed by atoms with Crippen molar-refractivity contribution >= 4 is 27.1 Å². The zero-order chi connectivity index (χ0) is 14.2. The van der Waals surface area contributed by atoms with Crippen LogP contribution in [-0.4, -0.2) is 23.2 Å². The highest BCUT2D eigenvalue weighted by molar-refractivity contribution is 7.90. The molecular formula is C11H13ClN4O2S. The summed E-state index contributed by atoms with van der Waals surface area (Å²) in [5.74, 6) is -0.236. The fraction of sp³-hybridized carbons (Fsp3) is 0.273. The summed E-state index contributed by atoms with van der Waals surface area (Å²) in [5, 5.41) is 4.40. The zero-order valence-electron chi connectivity index (χ0n) is 10.5. The van der Waals surface area contributed by atoms with E-state index in [1.165, 1.54) is 23.1 Å². The smallest absolute Gasteiger partial charge is 0.184 e. The Balaban J connectivity index is 2.46. The number of aryl methyl sites for hydroxylation is 2. The van der Waals surface area contributed by atoms with E-state index in [-0.39, 0.29) is 16.3 Å². The van der Waals surface area contributed by atoms with Gasteiger partial charge in [0.2, 0.25) is 0 Å². The molecule has 6 nitrogen and oxygen atoms in total. The Morgan fingerprint density at radius 3 is 2.68 bits per heavy atom. The number of nitrogens with two attached hydrogens (primary N) is 1. The van der Waals surface area contributed by atoms with Crippen LogP contribution in [0, 0.1) is 6.92 Å². The number of sulfone groups is 1. The van der Waals surface area contributed by atoms with Gasteiger partial charge in [-0.15, -0.1) is 0 Å². The van der Waals surface area contributed by atoms with E-state index in [1.54, 1.807) is 14.0 Å². The van der Waals surface area contributed by atoms with E-state index in [0.29, 0.717) is 16.4 Å². The second-order valence-corrected chi connectivity index (χ2v) is 6.47. The molecule has 0 amide bonds. The van der Waals surface area contributed by atoms with E-state index < -0.39 is 9.84 Å². The van der Waals surface area contributed by atoms with Crippen molar-refractivity contribution in [3.63, 3.8) is 0 Å². The molecule has 0 saturated heterocycles. The van der Waals surface area contributed by atoms with Crippen molar-refractivity contribution in [1.29, 1.82) is 0 Å². The van der Waals surface area contributed by atoms with Gasteiger partial charge in [0.05, 0.1) is 28.2 Å². The molecule has 8 heteroatoms. The molecule has 0 saturated carbocycles. The minimum absolute atomic E-state index is 0.0572. The third kappa shape index (κ3) is 2.57. The van der Waals surface area contributed by atoms with Gasteiger partial charge < -0.3 is 5.73 Å². The quantitative estimate of drug-likeness (QED) is 0.923. The second-order valence-electron chi connectivity index (χ2n) is 4.15. The Labute approximate surface area is 116 Å². The number of pyridine rings is 1. The molecule has 0 aliphatic carbocycles. The van der Waals surface area contributed by atoms with Crippen molar-refractivity contribution in [2.75, 3.05) is 5.73 Å². The van der Waals surface area contributed by atoms with Crippen LogP contribution in [0.5, 0.6) is 0 Å². The molecule has 2 rings (SSSR count). The molecule has 102 valence electrons. The van der Waals surface area contributed by atoms with E-state index in [1.807, 2.05) is 0 Å². The van der Waals surface area contributed by atoms with Gasteiger partial charge in [0.25, 0.3) is 0 Å². The zero-order valence-corrected chi connectivity index (χ0v) is 12.0. The first-order valence-electron chi connectivity index (χ1n) is 5.43. The lowest BCUT2D eigenvalue weighted by molar-refractivity contribution is 0.595. The van der Waals surface area contributed by atoms with Crippen molar-refractivity contribution < 1.29 is 8.42 Å². The highest BCUT2D eigenvalue weighted by atomic mass is 35.5. The number of aromatic nitrogens is 3. The van der Waals surface area contributed by atoms with Crippen LogP contribution in [0.3, 0.4) is 0 Å². The van der Waals surface area contributed by atoms with Crippen molar-refractivity contribution in [1.82, 2.24) is 14.8 Å². The van der Waals surface area contributed by atoms with Crippen molar-refractivity contribution in [2.45, 2.75) is 17.6 Å². The minimum Gasteiger partial charge on any atom is -0.396 e. The third-order valence-electron chi connectivity index (χ3n) is 2.75. The number of anilines is 1. The summed E-state index contributed by atoms with van der Waals surface area (Å²) in [6.45, 7) is 1.71. The first-order valence-corrected chi connectivity index (χ1v) is 7.46. The second kappa shape index (κ2) is 4.82. The van der Waals surface area contributed by atoms with Gasteiger partial charge in [0, 0.05) is 18.8 Å². The van der Waals surface area contributed by atoms with Crippen LogP contribution in [0.1, 0.15) is 11.3 Å². The van der Waals surface area contributed by atoms with Crippen LogP contribution in [-0.2, 0) is 22.6 Å². The Kier molecular flexibility index (Phi) is 3.51. The van der Waals surface area contributed by atoms with Crippen LogP contribution in [0.25, 0.3) is 0 Å². The molecule has 0 fully saturated rings. The first kappa shape index (κ1) is 13.8. The molecule has 0 aliphatic rings. The summed E-state index contributed by atoms with van der Waals surface area (Å²) in [6, 6.07) is 1.38. The Hall–Kier alpha value is -1.60. The highest BCUT2D eigenvalue weighted by Gasteiger charge is 2.23. The average Bonchev–Trinajstić information content (AvgIpc) is 2.56. The van der Waals surface area contributed by atoms with Crippen molar-refractivity contribution in [3.8, 4) is 0 Å². The van der Waals surface area contributed by atoms with Gasteiger partial charge in [-0.2, -0.15) is 5.10 Å². The fourth-order valence-corrected chi connectivity index (χ4v) is 3.66. The summed E-state index contributed by atoms with van der Waals surface area (Å²) in [7, 11) is -1.92. The normalized spacial score (nSPS) is 11.7. The lowest BCUT2D eigenvalue weighted by Crippen LogP contribution is -2.09. The molecule has 0 aromatic carbocycles. The largest absolute Gasteiger partial charge is 0.396 e. The topological polar surface area (TPSA) is 90.9 Å². The minimum atomic E-state index is -3.58. The summed E-state index contributed by atoms with van der Waals surface area (Å²) in [6.07, 6.45) is 2.70. The number of nitrogens with zero attached hydrogens (tertiary/aromatic N) is 3. The first-order chi connectivity index (χ1) is 8.83. The van der Waals surface area contributed by atoms with Crippen molar-refractivity contribution in [2.24, 2.45) is 7.05 Å². The van der Waals surface area contributed by atoms with Gasteiger partial charge in [-0.25, -0.2) is 8.42 Å². The maximum absolute atomic E-state index is 12.3. The van der Waals surface area contributed by atoms with Crippen LogP contribution >= 0.6 is 11.6 Å². The van der Waals surface area contributed by atoms with Gasteiger partial charge in [-0.3, -0.25) is 9.67 Å². The number of nitrogen functional groups attached to an aromatic ring is 1.